The van der Waals surface area contributed by atoms with Crippen LogP contribution >= 0.6 is 12.4 Å². The number of nitrogens with zero attached hydrogens (tertiary/aromatic N) is 2. The molecule has 132 valence electrons. The van der Waals surface area contributed by atoms with Crippen LogP contribution in [0.1, 0.15) is 12.1 Å². The van der Waals surface area contributed by atoms with Crippen LogP contribution in [0.4, 0.5) is 0 Å². The fourth-order valence-electron chi connectivity index (χ4n) is 2.54. The fourth-order valence-corrected chi connectivity index (χ4v) is 2.54. The van der Waals surface area contributed by atoms with Crippen molar-refractivity contribution < 1.29 is 9.84 Å². The normalized spacial score (nSPS) is 10.5. The fraction of sp³-hybridized carbons (Fsp3) is 0.263. The molecule has 0 aliphatic heterocycles. The van der Waals surface area contributed by atoms with E-state index < -0.39 is 0 Å². The first-order valence-corrected chi connectivity index (χ1v) is 8.02. The lowest BCUT2D eigenvalue weighted by Gasteiger charge is -2.09. The number of aryl methyl sites for hydroxylation is 1. The Bertz CT molecular complexity index is 855. The van der Waals surface area contributed by atoms with E-state index in [4.69, 9.17) is 4.74 Å². The first-order chi connectivity index (χ1) is 11.7. The smallest absolute Gasteiger partial charge is 0.217 e. The molecule has 0 bridgehead atoms. The third-order valence-electron chi connectivity index (χ3n) is 3.73. The Morgan fingerprint density at radius 2 is 1.80 bits per heavy atom. The number of benzene rings is 2. The number of aromatic hydroxyl groups is 1. The number of rotatable bonds is 6. The van der Waals surface area contributed by atoms with Crippen molar-refractivity contribution >= 4 is 23.2 Å². The molecule has 0 saturated heterocycles. The molecule has 0 unspecified atom stereocenters. The van der Waals surface area contributed by atoms with Crippen molar-refractivity contribution in [2.75, 3.05) is 20.2 Å². The molecule has 0 saturated carbocycles. The summed E-state index contributed by atoms with van der Waals surface area (Å²) in [6.07, 6.45) is 0.925. The third kappa shape index (κ3) is 4.81. The van der Waals surface area contributed by atoms with Gasteiger partial charge in [0.2, 0.25) is 5.88 Å². The van der Waals surface area contributed by atoms with Gasteiger partial charge in [-0.1, -0.05) is 18.2 Å². The van der Waals surface area contributed by atoms with Gasteiger partial charge in [-0.2, -0.15) is 4.98 Å². The third-order valence-corrected chi connectivity index (χ3v) is 3.73. The van der Waals surface area contributed by atoms with Gasteiger partial charge in [-0.15, -0.1) is 12.4 Å². The second kappa shape index (κ2) is 8.65. The number of hydrogen-bond donors (Lipinski definition) is 2. The van der Waals surface area contributed by atoms with Gasteiger partial charge in [-0.05, 0) is 55.9 Å². The van der Waals surface area contributed by atoms with E-state index in [0.717, 1.165) is 35.0 Å². The zero-order valence-electron chi connectivity index (χ0n) is 14.3. The summed E-state index contributed by atoms with van der Waals surface area (Å²) < 4.78 is 5.73. The second-order valence-corrected chi connectivity index (χ2v) is 5.72. The van der Waals surface area contributed by atoms with Crippen molar-refractivity contribution in [1.82, 2.24) is 15.3 Å². The molecule has 0 spiro atoms. The van der Waals surface area contributed by atoms with Crippen molar-refractivity contribution in [3.8, 4) is 23.0 Å². The summed E-state index contributed by atoms with van der Waals surface area (Å²) in [6, 6.07) is 13.1. The number of aromatic nitrogens is 2. The van der Waals surface area contributed by atoms with Crippen molar-refractivity contribution in [1.29, 1.82) is 0 Å². The highest BCUT2D eigenvalue weighted by molar-refractivity contribution is 5.87. The van der Waals surface area contributed by atoms with E-state index in [1.165, 1.54) is 0 Å². The van der Waals surface area contributed by atoms with Crippen LogP contribution < -0.4 is 10.1 Å². The lowest BCUT2D eigenvalue weighted by molar-refractivity contribution is 0.298. The summed E-state index contributed by atoms with van der Waals surface area (Å²) in [5.74, 6) is 1.51. The van der Waals surface area contributed by atoms with Gasteiger partial charge in [0.05, 0.1) is 6.61 Å². The van der Waals surface area contributed by atoms with Gasteiger partial charge in [0.1, 0.15) is 5.75 Å². The molecular weight excluding hydrogens is 338 g/mol. The Morgan fingerprint density at radius 1 is 1.04 bits per heavy atom. The Balaban J connectivity index is 0.00000225. The molecule has 1 aromatic heterocycles. The molecule has 0 aliphatic rings. The zero-order valence-corrected chi connectivity index (χ0v) is 15.1. The highest BCUT2D eigenvalue weighted by Gasteiger charge is 2.07. The average Bonchev–Trinajstić information content (AvgIpc) is 2.58. The molecule has 3 rings (SSSR count). The standard InChI is InChI=1S/C19H21N3O2.ClH/c1-13-10-18(24-9-3-8-20-2)22-19(21-13)16-5-4-15-12-17(23)7-6-14(15)11-16;/h4-7,10-12,20,23H,3,8-9H2,1-2H3;1H. The Labute approximate surface area is 153 Å². The molecule has 5 nitrogen and oxygen atoms in total. The zero-order chi connectivity index (χ0) is 16.9. The molecule has 0 fully saturated rings. The van der Waals surface area contributed by atoms with Crippen molar-refractivity contribution in [3.63, 3.8) is 0 Å². The van der Waals surface area contributed by atoms with Crippen molar-refractivity contribution in [3.05, 3.63) is 48.2 Å². The van der Waals surface area contributed by atoms with Crippen LogP contribution in [0.3, 0.4) is 0 Å². The van der Waals surface area contributed by atoms with Crippen molar-refractivity contribution in [2.45, 2.75) is 13.3 Å². The lowest BCUT2D eigenvalue weighted by atomic mass is 10.1. The first-order valence-electron chi connectivity index (χ1n) is 8.02. The minimum absolute atomic E-state index is 0. The molecule has 6 heteroatoms. The molecule has 0 atom stereocenters. The molecule has 1 heterocycles. The summed E-state index contributed by atoms with van der Waals surface area (Å²) >= 11 is 0. The molecule has 0 radical (unpaired) electrons. The van der Waals surface area contributed by atoms with Gasteiger partial charge in [-0.3, -0.25) is 0 Å². The Morgan fingerprint density at radius 3 is 2.60 bits per heavy atom. The summed E-state index contributed by atoms with van der Waals surface area (Å²) in [5, 5.41) is 14.7. The van der Waals surface area contributed by atoms with Crippen molar-refractivity contribution in [2.24, 2.45) is 0 Å². The monoisotopic (exact) mass is 359 g/mol. The molecule has 0 amide bonds. The van der Waals surface area contributed by atoms with Crippen LogP contribution in [-0.2, 0) is 0 Å². The van der Waals surface area contributed by atoms with E-state index in [0.29, 0.717) is 18.3 Å². The average molecular weight is 360 g/mol. The SMILES string of the molecule is CNCCCOc1cc(C)nc(-c2ccc3cc(O)ccc3c2)n1.Cl. The van der Waals surface area contributed by atoms with E-state index in [2.05, 4.69) is 15.3 Å². The van der Waals surface area contributed by atoms with E-state index in [1.807, 2.05) is 44.3 Å². The van der Waals surface area contributed by atoms with Gasteiger partial charge in [0.15, 0.2) is 5.82 Å². The highest BCUT2D eigenvalue weighted by Crippen LogP contribution is 2.26. The first kappa shape index (κ1) is 19.0. The van der Waals surface area contributed by atoms with Crippen LogP contribution in [0.25, 0.3) is 22.2 Å². The predicted octanol–water partition coefficient (Wildman–Crippen LogP) is 3.72. The molecule has 2 N–H and O–H groups in total. The van der Waals surface area contributed by atoms with E-state index in [9.17, 15) is 5.11 Å². The van der Waals surface area contributed by atoms with Crippen LogP contribution in [0, 0.1) is 6.92 Å². The summed E-state index contributed by atoms with van der Waals surface area (Å²) in [7, 11) is 1.92. The number of halogens is 1. The summed E-state index contributed by atoms with van der Waals surface area (Å²) in [4.78, 5) is 9.04. The number of phenolic OH excluding ortho intramolecular Hbond substituents is 1. The topological polar surface area (TPSA) is 67.3 Å². The van der Waals surface area contributed by atoms with Gasteiger partial charge in [0, 0.05) is 17.3 Å². The molecule has 3 aromatic rings. The minimum atomic E-state index is 0. The van der Waals surface area contributed by atoms with Crippen LogP contribution in [0.2, 0.25) is 0 Å². The van der Waals surface area contributed by atoms with Gasteiger partial charge >= 0.3 is 0 Å². The summed E-state index contributed by atoms with van der Waals surface area (Å²) in [5.41, 5.74) is 1.80. The van der Waals surface area contributed by atoms with Gasteiger partial charge < -0.3 is 15.2 Å². The number of ether oxygens (including phenoxy) is 1. The Kier molecular flexibility index (Phi) is 6.56. The number of phenols is 1. The highest BCUT2D eigenvalue weighted by atomic mass is 35.5. The number of fused-ring (bicyclic) bond motifs is 1. The van der Waals surface area contributed by atoms with E-state index in [-0.39, 0.29) is 18.2 Å². The maximum Gasteiger partial charge on any atom is 0.217 e. The minimum Gasteiger partial charge on any atom is -0.508 e. The van der Waals surface area contributed by atoms with E-state index in [1.54, 1.807) is 12.1 Å². The van der Waals surface area contributed by atoms with Gasteiger partial charge in [-0.25, -0.2) is 4.98 Å². The van der Waals surface area contributed by atoms with Crippen LogP contribution in [0.5, 0.6) is 11.6 Å². The number of nitrogens with one attached hydrogen (secondary N) is 1. The van der Waals surface area contributed by atoms with Crippen LogP contribution in [0.15, 0.2) is 42.5 Å². The number of hydrogen-bond acceptors (Lipinski definition) is 5. The quantitative estimate of drug-likeness (QED) is 0.656. The summed E-state index contributed by atoms with van der Waals surface area (Å²) in [6.45, 7) is 3.47. The Hall–Kier alpha value is -2.37. The molecular formula is C19H22ClN3O2. The van der Waals surface area contributed by atoms with E-state index >= 15 is 0 Å². The largest absolute Gasteiger partial charge is 0.508 e. The lowest BCUT2D eigenvalue weighted by Crippen LogP contribution is -2.12. The van der Waals surface area contributed by atoms with Gasteiger partial charge in [0.25, 0.3) is 0 Å². The predicted molar refractivity (Wildman–Crippen MR) is 103 cm³/mol. The van der Waals surface area contributed by atoms with Crippen LogP contribution in [-0.4, -0.2) is 35.3 Å². The maximum absolute atomic E-state index is 9.56. The maximum atomic E-state index is 9.56. The molecule has 0 aliphatic carbocycles. The molecule has 25 heavy (non-hydrogen) atoms. The molecule has 2 aromatic carbocycles. The second-order valence-electron chi connectivity index (χ2n) is 5.72.